The van der Waals surface area contributed by atoms with Gasteiger partial charge >= 0.3 is 0 Å². The minimum Gasteiger partial charge on any atom is -0.399 e. The minimum atomic E-state index is -3.35. The molecule has 2 aromatic carbocycles. The summed E-state index contributed by atoms with van der Waals surface area (Å²) in [6.45, 7) is 3.37. The molecule has 0 unspecified atom stereocenters. The van der Waals surface area contributed by atoms with Crippen molar-refractivity contribution in [2.45, 2.75) is 13.8 Å². The average molecular weight is 431 g/mol. The van der Waals surface area contributed by atoms with Crippen LogP contribution in [-0.4, -0.2) is 34.3 Å². The van der Waals surface area contributed by atoms with Crippen molar-refractivity contribution in [1.29, 1.82) is 0 Å². The largest absolute Gasteiger partial charge is 0.399 e. The highest BCUT2D eigenvalue weighted by Crippen LogP contribution is 2.22. The van der Waals surface area contributed by atoms with E-state index in [0.29, 0.717) is 22.6 Å². The van der Waals surface area contributed by atoms with Crippen LogP contribution in [0.2, 0.25) is 0 Å². The number of nitrogens with zero attached hydrogens (tertiary/aromatic N) is 1. The normalized spacial score (nSPS) is 11.1. The molecule has 2 rings (SSSR count). The maximum absolute atomic E-state index is 10.9. The third-order valence-corrected chi connectivity index (χ3v) is 4.48. The number of hydrogen-bond donors (Lipinski definition) is 3. The highest BCUT2D eigenvalue weighted by molar-refractivity contribution is 7.92. The highest BCUT2D eigenvalue weighted by atomic mass is 32.2. The van der Waals surface area contributed by atoms with E-state index in [1.165, 1.54) is 18.2 Å². The van der Waals surface area contributed by atoms with Crippen LogP contribution >= 0.6 is 0 Å². The van der Waals surface area contributed by atoms with Crippen molar-refractivity contribution in [1.82, 2.24) is 0 Å². The molecule has 0 aromatic heterocycles. The van der Waals surface area contributed by atoms with Gasteiger partial charge in [0.05, 0.1) is 17.4 Å². The van der Waals surface area contributed by atoms with E-state index in [0.717, 1.165) is 18.1 Å². The van der Waals surface area contributed by atoms with Crippen LogP contribution in [0.1, 0.15) is 11.1 Å². The molecule has 0 aliphatic carbocycles. The summed E-state index contributed by atoms with van der Waals surface area (Å²) in [5.41, 5.74) is 8.32. The smallest absolute Gasteiger partial charge is 0.272 e. The van der Waals surface area contributed by atoms with Gasteiger partial charge in [-0.3, -0.25) is 19.6 Å². The predicted octanol–water partition coefficient (Wildman–Crippen LogP) is 2.22. The molecular formula is C16H22N4O6S2. The number of nitrogen functional groups attached to an aromatic ring is 1. The number of aryl methyl sites for hydroxylation is 2. The van der Waals surface area contributed by atoms with Crippen molar-refractivity contribution in [3.8, 4) is 0 Å². The number of nitrogens with two attached hydrogens (primary N) is 1. The first-order chi connectivity index (χ1) is 12.7. The number of nitro groups is 1. The molecule has 28 heavy (non-hydrogen) atoms. The van der Waals surface area contributed by atoms with Crippen molar-refractivity contribution in [2.24, 2.45) is 0 Å². The Kier molecular flexibility index (Phi) is 7.36. The lowest BCUT2D eigenvalue weighted by molar-refractivity contribution is -0.385. The molecule has 0 radical (unpaired) electrons. The van der Waals surface area contributed by atoms with Gasteiger partial charge in [-0.1, -0.05) is 0 Å². The van der Waals surface area contributed by atoms with Gasteiger partial charge in [-0.05, 0) is 49.7 Å². The lowest BCUT2D eigenvalue weighted by Gasteiger charge is -2.05. The Morgan fingerprint density at radius 1 is 0.857 bits per heavy atom. The monoisotopic (exact) mass is 430 g/mol. The molecule has 0 saturated carbocycles. The molecule has 0 saturated heterocycles. The Morgan fingerprint density at radius 3 is 1.64 bits per heavy atom. The van der Waals surface area contributed by atoms with E-state index in [9.17, 15) is 26.9 Å². The number of sulfonamides is 2. The van der Waals surface area contributed by atoms with Crippen LogP contribution in [0.4, 0.5) is 22.7 Å². The molecule has 154 valence electrons. The van der Waals surface area contributed by atoms with E-state index >= 15 is 0 Å². The fraction of sp³-hybridized carbons (Fsp3) is 0.250. The molecular weight excluding hydrogens is 408 g/mol. The number of anilines is 3. The van der Waals surface area contributed by atoms with Gasteiger partial charge < -0.3 is 5.73 Å². The first kappa shape index (κ1) is 23.2. The zero-order chi connectivity index (χ0) is 21.7. The van der Waals surface area contributed by atoms with Gasteiger partial charge in [-0.15, -0.1) is 0 Å². The summed E-state index contributed by atoms with van der Waals surface area (Å²) in [7, 11) is -6.54. The summed E-state index contributed by atoms with van der Waals surface area (Å²) in [6, 6.07) is 9.02. The predicted molar refractivity (Wildman–Crippen MR) is 110 cm³/mol. The van der Waals surface area contributed by atoms with Crippen LogP contribution in [-0.2, 0) is 20.0 Å². The number of benzene rings is 2. The fourth-order valence-corrected chi connectivity index (χ4v) is 3.20. The number of nitrogens with one attached hydrogen (secondary N) is 2. The lowest BCUT2D eigenvalue weighted by atomic mass is 10.2. The van der Waals surface area contributed by atoms with Crippen LogP contribution in [0.5, 0.6) is 0 Å². The van der Waals surface area contributed by atoms with Gasteiger partial charge in [0.1, 0.15) is 0 Å². The van der Waals surface area contributed by atoms with Crippen molar-refractivity contribution in [3.63, 3.8) is 0 Å². The summed E-state index contributed by atoms with van der Waals surface area (Å²) in [4.78, 5) is 9.97. The second kappa shape index (κ2) is 8.89. The average Bonchev–Trinajstić information content (AvgIpc) is 2.48. The zero-order valence-electron chi connectivity index (χ0n) is 15.8. The molecule has 0 heterocycles. The van der Waals surface area contributed by atoms with Crippen LogP contribution < -0.4 is 15.2 Å². The third kappa shape index (κ3) is 8.22. The van der Waals surface area contributed by atoms with Gasteiger partial charge in [-0.2, -0.15) is 0 Å². The summed E-state index contributed by atoms with van der Waals surface area (Å²) in [5, 5.41) is 10.5. The van der Waals surface area contributed by atoms with Gasteiger partial charge in [0.15, 0.2) is 0 Å². The first-order valence-corrected chi connectivity index (χ1v) is 11.5. The van der Waals surface area contributed by atoms with Gasteiger partial charge in [-0.25, -0.2) is 16.8 Å². The molecule has 0 aliphatic heterocycles. The summed E-state index contributed by atoms with van der Waals surface area (Å²) >= 11 is 0. The number of hydrogen-bond acceptors (Lipinski definition) is 7. The Labute approximate surface area is 164 Å². The van der Waals surface area contributed by atoms with E-state index in [2.05, 4.69) is 9.44 Å². The fourth-order valence-electron chi connectivity index (χ4n) is 2.09. The maximum atomic E-state index is 10.9. The number of rotatable bonds is 5. The Bertz CT molecular complexity index is 1080. The van der Waals surface area contributed by atoms with Gasteiger partial charge in [0.25, 0.3) is 5.69 Å². The van der Waals surface area contributed by atoms with E-state index in [4.69, 9.17) is 5.73 Å². The van der Waals surface area contributed by atoms with E-state index in [-0.39, 0.29) is 5.69 Å². The Morgan fingerprint density at radius 2 is 1.29 bits per heavy atom. The second-order valence-corrected chi connectivity index (χ2v) is 9.58. The Balaban J connectivity index is 0.000000283. The summed E-state index contributed by atoms with van der Waals surface area (Å²) in [6.07, 6.45) is 2.13. The first-order valence-electron chi connectivity index (χ1n) is 7.74. The van der Waals surface area contributed by atoms with Gasteiger partial charge in [0.2, 0.25) is 20.0 Å². The third-order valence-electron chi connectivity index (χ3n) is 3.27. The maximum Gasteiger partial charge on any atom is 0.272 e. The topological polar surface area (TPSA) is 162 Å². The van der Waals surface area contributed by atoms with Crippen molar-refractivity contribution >= 4 is 42.8 Å². The van der Waals surface area contributed by atoms with Crippen LogP contribution in [0.3, 0.4) is 0 Å². The molecule has 0 fully saturated rings. The summed E-state index contributed by atoms with van der Waals surface area (Å²) < 4.78 is 48.1. The molecule has 0 amide bonds. The van der Waals surface area contributed by atoms with Crippen molar-refractivity contribution in [2.75, 3.05) is 27.7 Å². The summed E-state index contributed by atoms with van der Waals surface area (Å²) in [5.74, 6) is 0. The van der Waals surface area contributed by atoms with Crippen LogP contribution in [0.15, 0.2) is 36.4 Å². The number of nitro benzene ring substituents is 1. The molecule has 2 aromatic rings. The van der Waals surface area contributed by atoms with E-state index < -0.39 is 25.0 Å². The molecule has 4 N–H and O–H groups in total. The quantitative estimate of drug-likeness (QED) is 0.372. The van der Waals surface area contributed by atoms with Gasteiger partial charge in [0, 0.05) is 28.7 Å². The Hall–Kier alpha value is -2.86. The molecule has 12 heteroatoms. The van der Waals surface area contributed by atoms with Crippen molar-refractivity contribution in [3.05, 3.63) is 57.6 Å². The molecule has 10 nitrogen and oxygen atoms in total. The molecule has 0 atom stereocenters. The molecule has 0 spiro atoms. The second-order valence-electron chi connectivity index (χ2n) is 6.08. The highest BCUT2D eigenvalue weighted by Gasteiger charge is 2.11. The van der Waals surface area contributed by atoms with E-state index in [1.54, 1.807) is 25.1 Å². The van der Waals surface area contributed by atoms with Crippen molar-refractivity contribution < 1.29 is 21.8 Å². The zero-order valence-corrected chi connectivity index (χ0v) is 17.4. The van der Waals surface area contributed by atoms with E-state index in [1.807, 2.05) is 6.92 Å². The molecule has 0 aliphatic rings. The van der Waals surface area contributed by atoms with Crippen LogP contribution in [0.25, 0.3) is 0 Å². The lowest BCUT2D eigenvalue weighted by Crippen LogP contribution is -2.09. The SMILES string of the molecule is Cc1cc(NS(C)(=O)=O)ccc1N.Cc1cc(NS(C)(=O)=O)ccc1[N+](=O)[O-]. The standard InChI is InChI=1S/C8H10N2O4S.C8H12N2O2S/c1-6-5-7(9-15(2,13)14)3-4-8(6)10(11)12;1-6-5-7(3-4-8(6)9)10-13(2,11)12/h3-5,9H,1-2H3;3-5,10H,9H2,1-2H3. The molecule has 0 bridgehead atoms. The van der Waals surface area contributed by atoms with Crippen LogP contribution in [0, 0.1) is 24.0 Å². The minimum absolute atomic E-state index is 0.0333.